The molecule has 3 rings (SSSR count). The highest BCUT2D eigenvalue weighted by Gasteiger charge is 2.08. The molecule has 0 saturated heterocycles. The molecule has 0 N–H and O–H groups in total. The summed E-state index contributed by atoms with van der Waals surface area (Å²) in [4.78, 5) is 9.16. The van der Waals surface area contributed by atoms with Gasteiger partial charge in [0, 0.05) is 17.5 Å². The summed E-state index contributed by atoms with van der Waals surface area (Å²) >= 11 is 1.59. The molecule has 26 heavy (non-hydrogen) atoms. The van der Waals surface area contributed by atoms with Crippen LogP contribution in [0.3, 0.4) is 0 Å². The smallest absolute Gasteiger partial charge is 0.223 e. The summed E-state index contributed by atoms with van der Waals surface area (Å²) in [6.07, 6.45) is 0.833. The molecular formula is C21H22N2O2S. The molecule has 3 aromatic rings. The van der Waals surface area contributed by atoms with Crippen LogP contribution in [0.5, 0.6) is 17.4 Å². The number of aryl methyl sites for hydroxylation is 2. The van der Waals surface area contributed by atoms with Crippen molar-refractivity contribution in [2.75, 3.05) is 7.11 Å². The van der Waals surface area contributed by atoms with Gasteiger partial charge in [0.25, 0.3) is 0 Å². The van der Waals surface area contributed by atoms with Gasteiger partial charge in [0.05, 0.1) is 7.11 Å². The van der Waals surface area contributed by atoms with Crippen LogP contribution in [-0.2, 0) is 12.2 Å². The molecule has 0 saturated carbocycles. The molecule has 134 valence electrons. The van der Waals surface area contributed by atoms with Gasteiger partial charge in [0.15, 0.2) is 5.16 Å². The first kappa shape index (κ1) is 18.3. The Morgan fingerprint density at radius 3 is 2.50 bits per heavy atom. The maximum absolute atomic E-state index is 5.92. The number of rotatable bonds is 7. The predicted octanol–water partition coefficient (Wildman–Crippen LogP) is 5.44. The van der Waals surface area contributed by atoms with Crippen molar-refractivity contribution < 1.29 is 9.47 Å². The number of nitrogens with zero attached hydrogens (tertiary/aromatic N) is 2. The van der Waals surface area contributed by atoms with Crippen molar-refractivity contribution in [3.8, 4) is 17.4 Å². The quantitative estimate of drug-likeness (QED) is 0.411. The first-order valence-electron chi connectivity index (χ1n) is 8.54. The molecule has 0 unspecified atom stereocenters. The van der Waals surface area contributed by atoms with Gasteiger partial charge in [-0.2, -0.15) is 4.98 Å². The fraction of sp³-hybridized carbons (Fsp3) is 0.238. The zero-order chi connectivity index (χ0) is 18.4. The molecule has 0 radical (unpaired) electrons. The molecule has 0 fully saturated rings. The minimum Gasteiger partial charge on any atom is -0.497 e. The Morgan fingerprint density at radius 2 is 1.77 bits per heavy atom. The molecule has 5 heteroatoms. The van der Waals surface area contributed by atoms with Gasteiger partial charge in [-0.3, -0.25) is 0 Å². The third-order valence-corrected chi connectivity index (χ3v) is 4.76. The molecule has 1 aromatic heterocycles. The lowest BCUT2D eigenvalue weighted by Crippen LogP contribution is -1.97. The summed E-state index contributed by atoms with van der Waals surface area (Å²) < 4.78 is 11.2. The highest BCUT2D eigenvalue weighted by Crippen LogP contribution is 2.26. The summed E-state index contributed by atoms with van der Waals surface area (Å²) in [7, 11) is 1.68. The van der Waals surface area contributed by atoms with Crippen molar-refractivity contribution in [3.05, 3.63) is 71.4 Å². The molecule has 0 aliphatic heterocycles. The maximum atomic E-state index is 5.92. The average Bonchev–Trinajstić information content (AvgIpc) is 2.68. The van der Waals surface area contributed by atoms with Crippen LogP contribution in [0.15, 0.2) is 59.8 Å². The van der Waals surface area contributed by atoms with Gasteiger partial charge < -0.3 is 9.47 Å². The lowest BCUT2D eigenvalue weighted by Gasteiger charge is -2.09. The molecule has 2 aromatic carbocycles. The highest BCUT2D eigenvalue weighted by molar-refractivity contribution is 7.98. The molecule has 0 bridgehead atoms. The van der Waals surface area contributed by atoms with E-state index in [0.29, 0.717) is 11.0 Å². The van der Waals surface area contributed by atoms with Crippen LogP contribution in [0.25, 0.3) is 0 Å². The van der Waals surface area contributed by atoms with Crippen LogP contribution >= 0.6 is 11.8 Å². The Hall–Kier alpha value is -2.53. The Labute approximate surface area is 158 Å². The van der Waals surface area contributed by atoms with Crippen LogP contribution in [0.1, 0.15) is 23.7 Å². The van der Waals surface area contributed by atoms with E-state index in [4.69, 9.17) is 9.47 Å². The summed E-state index contributed by atoms with van der Waals surface area (Å²) in [5.41, 5.74) is 3.33. The number of ether oxygens (including phenoxy) is 2. The van der Waals surface area contributed by atoms with Gasteiger partial charge in [-0.15, -0.1) is 0 Å². The number of methoxy groups -OCH3 is 1. The van der Waals surface area contributed by atoms with E-state index in [1.807, 2.05) is 48.5 Å². The van der Waals surface area contributed by atoms with E-state index in [9.17, 15) is 0 Å². The Kier molecular flexibility index (Phi) is 6.12. The lowest BCUT2D eigenvalue weighted by molar-refractivity contribution is 0.414. The van der Waals surface area contributed by atoms with Gasteiger partial charge in [-0.25, -0.2) is 4.98 Å². The molecule has 1 heterocycles. The van der Waals surface area contributed by atoms with Crippen molar-refractivity contribution in [2.45, 2.75) is 31.2 Å². The SMILES string of the molecule is CCc1cc(Oc2ccc(C)cc2)nc(SCc2cccc(OC)c2)n1. The normalized spacial score (nSPS) is 10.6. The molecular weight excluding hydrogens is 344 g/mol. The van der Waals surface area contributed by atoms with Gasteiger partial charge in [0.1, 0.15) is 11.5 Å². The van der Waals surface area contributed by atoms with Gasteiger partial charge >= 0.3 is 0 Å². The van der Waals surface area contributed by atoms with Gasteiger partial charge in [-0.1, -0.05) is 48.5 Å². The maximum Gasteiger partial charge on any atom is 0.223 e. The van der Waals surface area contributed by atoms with E-state index in [0.717, 1.165) is 29.4 Å². The average molecular weight is 366 g/mol. The van der Waals surface area contributed by atoms with E-state index in [-0.39, 0.29) is 0 Å². The number of hydrogen-bond donors (Lipinski definition) is 0. The van der Waals surface area contributed by atoms with Crippen LogP contribution < -0.4 is 9.47 Å². The molecule has 4 nitrogen and oxygen atoms in total. The van der Waals surface area contributed by atoms with Crippen molar-refractivity contribution in [1.29, 1.82) is 0 Å². The lowest BCUT2D eigenvalue weighted by atomic mass is 10.2. The van der Waals surface area contributed by atoms with Crippen LogP contribution in [0, 0.1) is 6.92 Å². The molecule has 0 atom stereocenters. The summed E-state index contributed by atoms with van der Waals surface area (Å²) in [5, 5.41) is 0.717. The minimum atomic E-state index is 0.578. The Balaban J connectivity index is 1.75. The molecule has 0 aliphatic carbocycles. The Morgan fingerprint density at radius 1 is 0.962 bits per heavy atom. The van der Waals surface area contributed by atoms with Crippen molar-refractivity contribution in [1.82, 2.24) is 9.97 Å². The number of thioether (sulfide) groups is 1. The fourth-order valence-corrected chi connectivity index (χ4v) is 3.20. The first-order chi connectivity index (χ1) is 12.7. The fourth-order valence-electron chi connectivity index (χ4n) is 2.38. The molecule has 0 amide bonds. The molecule has 0 spiro atoms. The zero-order valence-electron chi connectivity index (χ0n) is 15.2. The second-order valence-electron chi connectivity index (χ2n) is 5.89. The second kappa shape index (κ2) is 8.72. The predicted molar refractivity (Wildman–Crippen MR) is 105 cm³/mol. The van der Waals surface area contributed by atoms with E-state index >= 15 is 0 Å². The summed E-state index contributed by atoms with van der Waals surface area (Å²) in [5.74, 6) is 2.98. The number of hydrogen-bond acceptors (Lipinski definition) is 5. The van der Waals surface area contributed by atoms with E-state index in [2.05, 4.69) is 29.9 Å². The molecule has 0 aliphatic rings. The largest absolute Gasteiger partial charge is 0.497 e. The topological polar surface area (TPSA) is 44.2 Å². The van der Waals surface area contributed by atoms with E-state index in [1.165, 1.54) is 11.1 Å². The standard InChI is InChI=1S/C21H22N2O2S/c1-4-17-13-20(25-18-10-8-15(2)9-11-18)23-21(22-17)26-14-16-6-5-7-19(12-16)24-3/h5-13H,4,14H2,1-3H3. The van der Waals surface area contributed by atoms with Crippen molar-refractivity contribution in [3.63, 3.8) is 0 Å². The van der Waals surface area contributed by atoms with Gasteiger partial charge in [0.2, 0.25) is 5.88 Å². The minimum absolute atomic E-state index is 0.578. The zero-order valence-corrected chi connectivity index (χ0v) is 16.0. The Bertz CT molecular complexity index is 866. The highest BCUT2D eigenvalue weighted by atomic mass is 32.2. The first-order valence-corrected chi connectivity index (χ1v) is 9.53. The summed E-state index contributed by atoms with van der Waals surface area (Å²) in [6.45, 7) is 4.13. The number of aromatic nitrogens is 2. The monoisotopic (exact) mass is 366 g/mol. The number of benzene rings is 2. The van der Waals surface area contributed by atoms with Crippen LogP contribution in [0.4, 0.5) is 0 Å². The third-order valence-electron chi connectivity index (χ3n) is 3.84. The van der Waals surface area contributed by atoms with E-state index < -0.39 is 0 Å². The van der Waals surface area contributed by atoms with Crippen LogP contribution in [-0.4, -0.2) is 17.1 Å². The van der Waals surface area contributed by atoms with Crippen LogP contribution in [0.2, 0.25) is 0 Å². The van der Waals surface area contributed by atoms with E-state index in [1.54, 1.807) is 18.9 Å². The third kappa shape index (κ3) is 4.99. The van der Waals surface area contributed by atoms with Crippen molar-refractivity contribution in [2.24, 2.45) is 0 Å². The second-order valence-corrected chi connectivity index (χ2v) is 6.83. The van der Waals surface area contributed by atoms with Gasteiger partial charge in [-0.05, 0) is 43.2 Å². The van der Waals surface area contributed by atoms with Crippen molar-refractivity contribution >= 4 is 11.8 Å². The summed E-state index contributed by atoms with van der Waals surface area (Å²) in [6, 6.07) is 17.9.